The summed E-state index contributed by atoms with van der Waals surface area (Å²) in [6.45, 7) is 6.96. The van der Waals surface area contributed by atoms with E-state index < -0.39 is 5.97 Å². The van der Waals surface area contributed by atoms with Crippen LogP contribution in [0.3, 0.4) is 0 Å². The Balaban J connectivity index is 3.46. The van der Waals surface area contributed by atoms with E-state index in [2.05, 4.69) is 20.8 Å². The molecule has 0 aromatic heterocycles. The summed E-state index contributed by atoms with van der Waals surface area (Å²) in [6.07, 6.45) is 32.5. The second kappa shape index (κ2) is 26.1. The second-order valence-corrected chi connectivity index (χ2v) is 11.0. The summed E-state index contributed by atoms with van der Waals surface area (Å²) in [6, 6.07) is 0. The van der Waals surface area contributed by atoms with Crippen LogP contribution in [0.4, 0.5) is 0 Å². The molecule has 0 radical (unpaired) electrons. The highest BCUT2D eigenvalue weighted by atomic mass is 16.4. The first-order valence-corrected chi connectivity index (χ1v) is 15.3. The molecular formula is C31H62O2. The normalized spacial score (nSPS) is 13.3. The molecule has 2 unspecified atom stereocenters. The number of unbranched alkanes of at least 4 members (excludes halogenated alkanes) is 18. The van der Waals surface area contributed by atoms with Crippen LogP contribution in [0.5, 0.6) is 0 Å². The highest BCUT2D eigenvalue weighted by Gasteiger charge is 2.16. The summed E-state index contributed by atoms with van der Waals surface area (Å²) in [5, 5.41) is 9.55. The molecule has 198 valence electrons. The number of carboxylic acid groups (broad SMARTS) is 1. The molecule has 0 fully saturated rings. The van der Waals surface area contributed by atoms with Gasteiger partial charge in [0.2, 0.25) is 0 Å². The number of hydrogen-bond acceptors (Lipinski definition) is 1. The van der Waals surface area contributed by atoms with E-state index in [-0.39, 0.29) is 5.92 Å². The van der Waals surface area contributed by atoms with E-state index >= 15 is 0 Å². The molecule has 0 aromatic rings. The van der Waals surface area contributed by atoms with E-state index in [1.807, 2.05) is 0 Å². The summed E-state index contributed by atoms with van der Waals surface area (Å²) >= 11 is 0. The summed E-state index contributed by atoms with van der Waals surface area (Å²) in [5.74, 6) is 0.251. The van der Waals surface area contributed by atoms with Gasteiger partial charge in [-0.15, -0.1) is 0 Å². The standard InChI is InChI=1S/C31H62O2/c1-4-6-7-8-9-10-11-12-13-17-20-23-27-30(31(32)33)28-24-21-18-15-14-16-19-22-26-29(3)25-5-2/h29-30H,4-28H2,1-3H3,(H,32,33). The third kappa shape index (κ3) is 24.4. The molecule has 2 nitrogen and oxygen atoms in total. The molecule has 0 bridgehead atoms. The van der Waals surface area contributed by atoms with Gasteiger partial charge in [-0.05, 0) is 18.8 Å². The van der Waals surface area contributed by atoms with Crippen molar-refractivity contribution in [1.82, 2.24) is 0 Å². The van der Waals surface area contributed by atoms with E-state index in [1.165, 1.54) is 135 Å². The van der Waals surface area contributed by atoms with Crippen molar-refractivity contribution in [2.75, 3.05) is 0 Å². The zero-order valence-electron chi connectivity index (χ0n) is 23.2. The van der Waals surface area contributed by atoms with Crippen LogP contribution in [0.15, 0.2) is 0 Å². The predicted octanol–water partition coefficient (Wildman–Crippen LogP) is 11.1. The molecular weight excluding hydrogens is 404 g/mol. The van der Waals surface area contributed by atoms with Crippen LogP contribution in [-0.2, 0) is 4.79 Å². The molecule has 2 heteroatoms. The monoisotopic (exact) mass is 466 g/mol. The second-order valence-electron chi connectivity index (χ2n) is 11.0. The molecule has 1 N–H and O–H groups in total. The summed E-state index contributed by atoms with van der Waals surface area (Å²) in [5.41, 5.74) is 0. The molecule has 0 saturated carbocycles. The molecule has 0 aliphatic heterocycles. The van der Waals surface area contributed by atoms with Crippen molar-refractivity contribution in [1.29, 1.82) is 0 Å². The predicted molar refractivity (Wildman–Crippen MR) is 147 cm³/mol. The Morgan fingerprint density at radius 2 is 0.818 bits per heavy atom. The number of rotatable bonds is 27. The first kappa shape index (κ1) is 32.5. The van der Waals surface area contributed by atoms with E-state index in [4.69, 9.17) is 0 Å². The Bertz CT molecular complexity index is 392. The fourth-order valence-electron chi connectivity index (χ4n) is 5.20. The van der Waals surface area contributed by atoms with Gasteiger partial charge in [0.1, 0.15) is 0 Å². The largest absolute Gasteiger partial charge is 0.481 e. The Morgan fingerprint density at radius 1 is 0.485 bits per heavy atom. The molecule has 33 heavy (non-hydrogen) atoms. The van der Waals surface area contributed by atoms with Crippen molar-refractivity contribution in [3.63, 3.8) is 0 Å². The summed E-state index contributed by atoms with van der Waals surface area (Å²) < 4.78 is 0. The highest BCUT2D eigenvalue weighted by Crippen LogP contribution is 2.21. The maximum Gasteiger partial charge on any atom is 0.306 e. The first-order valence-electron chi connectivity index (χ1n) is 15.3. The van der Waals surface area contributed by atoms with Crippen molar-refractivity contribution in [2.24, 2.45) is 11.8 Å². The average Bonchev–Trinajstić information content (AvgIpc) is 2.79. The van der Waals surface area contributed by atoms with E-state index in [0.717, 1.165) is 31.6 Å². The van der Waals surface area contributed by atoms with Gasteiger partial charge in [-0.3, -0.25) is 4.79 Å². The maximum atomic E-state index is 11.6. The van der Waals surface area contributed by atoms with Crippen LogP contribution in [-0.4, -0.2) is 11.1 Å². The van der Waals surface area contributed by atoms with E-state index in [1.54, 1.807) is 0 Å². The van der Waals surface area contributed by atoms with Gasteiger partial charge in [0.25, 0.3) is 0 Å². The lowest BCUT2D eigenvalue weighted by Crippen LogP contribution is -2.13. The topological polar surface area (TPSA) is 37.3 Å². The molecule has 0 heterocycles. The van der Waals surface area contributed by atoms with Crippen LogP contribution in [0.25, 0.3) is 0 Å². The minimum Gasteiger partial charge on any atom is -0.481 e. The fraction of sp³-hybridized carbons (Fsp3) is 0.968. The molecule has 0 aliphatic rings. The Labute approximate surface area is 209 Å². The van der Waals surface area contributed by atoms with Gasteiger partial charge in [-0.2, -0.15) is 0 Å². The van der Waals surface area contributed by atoms with Crippen molar-refractivity contribution in [3.8, 4) is 0 Å². The van der Waals surface area contributed by atoms with Gasteiger partial charge in [0.15, 0.2) is 0 Å². The molecule has 0 amide bonds. The SMILES string of the molecule is CCCCCCCCCCCCCCC(CCCCCCCCCCC(C)CCC)C(=O)O. The van der Waals surface area contributed by atoms with Gasteiger partial charge in [-0.1, -0.05) is 168 Å². The quantitative estimate of drug-likeness (QED) is 0.122. The fourth-order valence-corrected chi connectivity index (χ4v) is 5.20. The van der Waals surface area contributed by atoms with Gasteiger partial charge in [-0.25, -0.2) is 0 Å². The van der Waals surface area contributed by atoms with Crippen LogP contribution in [0, 0.1) is 11.8 Å². The molecule has 0 rings (SSSR count). The molecule has 0 spiro atoms. The number of carbonyl (C=O) groups is 1. The zero-order chi connectivity index (χ0) is 24.4. The first-order chi connectivity index (χ1) is 16.1. The lowest BCUT2D eigenvalue weighted by Gasteiger charge is -2.12. The maximum absolute atomic E-state index is 11.6. The smallest absolute Gasteiger partial charge is 0.306 e. The molecule has 0 saturated heterocycles. The van der Waals surface area contributed by atoms with Crippen molar-refractivity contribution < 1.29 is 9.90 Å². The minimum atomic E-state index is -0.560. The highest BCUT2D eigenvalue weighted by molar-refractivity contribution is 5.69. The zero-order valence-corrected chi connectivity index (χ0v) is 23.2. The van der Waals surface area contributed by atoms with Crippen LogP contribution in [0.1, 0.15) is 181 Å². The lowest BCUT2D eigenvalue weighted by molar-refractivity contribution is -0.142. The third-order valence-corrected chi connectivity index (χ3v) is 7.54. The van der Waals surface area contributed by atoms with Crippen molar-refractivity contribution in [3.05, 3.63) is 0 Å². The van der Waals surface area contributed by atoms with Gasteiger partial charge < -0.3 is 5.11 Å². The number of aliphatic carboxylic acids is 1. The summed E-state index contributed by atoms with van der Waals surface area (Å²) in [4.78, 5) is 11.6. The minimum absolute atomic E-state index is 0.0989. The number of carboxylic acids is 1. The van der Waals surface area contributed by atoms with Crippen LogP contribution >= 0.6 is 0 Å². The summed E-state index contributed by atoms with van der Waals surface area (Å²) in [7, 11) is 0. The third-order valence-electron chi connectivity index (χ3n) is 7.54. The van der Waals surface area contributed by atoms with E-state index in [9.17, 15) is 9.90 Å². The van der Waals surface area contributed by atoms with Crippen molar-refractivity contribution >= 4 is 5.97 Å². The van der Waals surface area contributed by atoms with Crippen LogP contribution in [0.2, 0.25) is 0 Å². The molecule has 0 aliphatic carbocycles. The van der Waals surface area contributed by atoms with Crippen LogP contribution < -0.4 is 0 Å². The Morgan fingerprint density at radius 3 is 1.15 bits per heavy atom. The van der Waals surface area contributed by atoms with E-state index in [0.29, 0.717) is 0 Å². The molecule has 0 aromatic carbocycles. The Hall–Kier alpha value is -0.530. The van der Waals surface area contributed by atoms with Gasteiger partial charge in [0.05, 0.1) is 5.92 Å². The van der Waals surface area contributed by atoms with Crippen molar-refractivity contribution in [2.45, 2.75) is 181 Å². The van der Waals surface area contributed by atoms with Gasteiger partial charge in [0, 0.05) is 0 Å². The lowest BCUT2D eigenvalue weighted by atomic mass is 9.94. The molecule has 2 atom stereocenters. The van der Waals surface area contributed by atoms with Gasteiger partial charge >= 0.3 is 5.97 Å². The average molecular weight is 467 g/mol. The number of hydrogen-bond donors (Lipinski definition) is 1. The Kier molecular flexibility index (Phi) is 25.7.